The van der Waals surface area contributed by atoms with Gasteiger partial charge in [-0.05, 0) is 66.6 Å². The highest BCUT2D eigenvalue weighted by Gasteiger charge is 2.31. The fourth-order valence-corrected chi connectivity index (χ4v) is 4.65. The van der Waals surface area contributed by atoms with Crippen LogP contribution in [0.1, 0.15) is 78.2 Å². The molecule has 4 rings (SSSR count). The number of hydrogen-bond acceptors (Lipinski definition) is 4. The van der Waals surface area contributed by atoms with Crippen molar-refractivity contribution in [3.8, 4) is 5.75 Å². The highest BCUT2D eigenvalue weighted by molar-refractivity contribution is 5.91. The van der Waals surface area contributed by atoms with Crippen LogP contribution in [0.4, 0.5) is 0 Å². The van der Waals surface area contributed by atoms with Crippen molar-refractivity contribution in [2.45, 2.75) is 59.6 Å². The van der Waals surface area contributed by atoms with Crippen molar-refractivity contribution in [2.24, 2.45) is 5.92 Å². The van der Waals surface area contributed by atoms with Gasteiger partial charge in [0.05, 0.1) is 6.04 Å². The summed E-state index contributed by atoms with van der Waals surface area (Å²) in [4.78, 5) is 27.1. The van der Waals surface area contributed by atoms with Gasteiger partial charge in [-0.15, -0.1) is 0 Å². The molecule has 0 spiro atoms. The van der Waals surface area contributed by atoms with Crippen molar-refractivity contribution >= 4 is 11.8 Å². The number of carbonyl (C=O) groups excluding carboxylic acids is 2. The number of benzene rings is 2. The standard InChI is InChI=1S/C30H36N2O4/c1-5-28(33)32-16-14-22-9-10-24(18-26(22)29(32)23-8-6-7-21(4)17-23)35-19-25-11-12-27(36-25)30(34)31-15-13-20(2)3/h6-12,17-18,20,29H,5,13-16,19H2,1-4H3,(H,31,34). The molecule has 6 heteroatoms. The number of furan rings is 1. The van der Waals surface area contributed by atoms with Crippen LogP contribution in [0.15, 0.2) is 59.0 Å². The molecule has 1 aliphatic heterocycles. The minimum atomic E-state index is -0.211. The van der Waals surface area contributed by atoms with Crippen LogP contribution in [0.3, 0.4) is 0 Å². The van der Waals surface area contributed by atoms with Gasteiger partial charge in [-0.2, -0.15) is 0 Å². The van der Waals surface area contributed by atoms with Gasteiger partial charge in [0.1, 0.15) is 18.1 Å². The van der Waals surface area contributed by atoms with E-state index in [0.29, 0.717) is 36.9 Å². The Balaban J connectivity index is 1.50. The molecule has 1 atom stereocenters. The third kappa shape index (κ3) is 5.99. The van der Waals surface area contributed by atoms with E-state index in [1.54, 1.807) is 12.1 Å². The van der Waals surface area contributed by atoms with Gasteiger partial charge in [0.25, 0.3) is 5.91 Å². The van der Waals surface area contributed by atoms with Crippen LogP contribution < -0.4 is 10.1 Å². The van der Waals surface area contributed by atoms with E-state index in [9.17, 15) is 9.59 Å². The zero-order valence-corrected chi connectivity index (χ0v) is 21.7. The van der Waals surface area contributed by atoms with Crippen molar-refractivity contribution in [3.05, 3.63) is 88.4 Å². The van der Waals surface area contributed by atoms with Crippen molar-refractivity contribution in [1.82, 2.24) is 10.2 Å². The summed E-state index contributed by atoms with van der Waals surface area (Å²) >= 11 is 0. The van der Waals surface area contributed by atoms with E-state index < -0.39 is 0 Å². The maximum Gasteiger partial charge on any atom is 0.286 e. The van der Waals surface area contributed by atoms with Gasteiger partial charge in [-0.3, -0.25) is 9.59 Å². The van der Waals surface area contributed by atoms with Gasteiger partial charge < -0.3 is 19.4 Å². The lowest BCUT2D eigenvalue weighted by atomic mass is 9.87. The summed E-state index contributed by atoms with van der Waals surface area (Å²) in [5.74, 6) is 2.04. The third-order valence-electron chi connectivity index (χ3n) is 6.60. The fraction of sp³-hybridized carbons (Fsp3) is 0.400. The largest absolute Gasteiger partial charge is 0.486 e. The summed E-state index contributed by atoms with van der Waals surface area (Å²) in [6.07, 6.45) is 2.21. The molecule has 190 valence electrons. The van der Waals surface area contributed by atoms with Gasteiger partial charge in [0.2, 0.25) is 5.91 Å². The number of hydrogen-bond donors (Lipinski definition) is 1. The Hall–Kier alpha value is -3.54. The van der Waals surface area contributed by atoms with E-state index in [1.807, 2.05) is 30.0 Å². The quantitative estimate of drug-likeness (QED) is 0.412. The summed E-state index contributed by atoms with van der Waals surface area (Å²) in [5.41, 5.74) is 4.59. The summed E-state index contributed by atoms with van der Waals surface area (Å²) in [5, 5.41) is 2.89. The second-order valence-corrected chi connectivity index (χ2v) is 9.86. The molecule has 2 heterocycles. The Labute approximate surface area is 213 Å². The van der Waals surface area contributed by atoms with Crippen molar-refractivity contribution < 1.29 is 18.7 Å². The highest BCUT2D eigenvalue weighted by Crippen LogP contribution is 2.38. The monoisotopic (exact) mass is 488 g/mol. The Kier molecular flexibility index (Phi) is 8.14. The van der Waals surface area contributed by atoms with Crippen LogP contribution in [0.5, 0.6) is 5.75 Å². The van der Waals surface area contributed by atoms with Crippen LogP contribution in [0, 0.1) is 12.8 Å². The first kappa shape index (κ1) is 25.5. The van der Waals surface area contributed by atoms with E-state index in [-0.39, 0.29) is 30.2 Å². The number of rotatable bonds is 9. The van der Waals surface area contributed by atoms with E-state index >= 15 is 0 Å². The Morgan fingerprint density at radius 2 is 1.97 bits per heavy atom. The van der Waals surface area contributed by atoms with Gasteiger partial charge in [0.15, 0.2) is 5.76 Å². The molecule has 1 unspecified atom stereocenters. The number of amides is 2. The predicted octanol–water partition coefficient (Wildman–Crippen LogP) is 5.83. The third-order valence-corrected chi connectivity index (χ3v) is 6.60. The van der Waals surface area contributed by atoms with E-state index in [2.05, 4.69) is 50.4 Å². The first-order valence-electron chi connectivity index (χ1n) is 12.8. The molecule has 0 fully saturated rings. The molecule has 2 aromatic carbocycles. The Bertz CT molecular complexity index is 1210. The second-order valence-electron chi connectivity index (χ2n) is 9.86. The minimum Gasteiger partial charge on any atom is -0.486 e. The lowest BCUT2D eigenvalue weighted by Gasteiger charge is -2.38. The molecule has 0 aliphatic carbocycles. The molecule has 36 heavy (non-hydrogen) atoms. The summed E-state index contributed by atoms with van der Waals surface area (Å²) in [6, 6.07) is 17.8. The SMILES string of the molecule is CCC(=O)N1CCc2ccc(OCc3ccc(C(=O)NCCC(C)C)o3)cc2C1c1cccc(C)c1. The van der Waals surface area contributed by atoms with Crippen molar-refractivity contribution in [3.63, 3.8) is 0 Å². The molecule has 2 amide bonds. The zero-order valence-electron chi connectivity index (χ0n) is 21.7. The number of nitrogens with zero attached hydrogens (tertiary/aromatic N) is 1. The van der Waals surface area contributed by atoms with Gasteiger partial charge in [-0.25, -0.2) is 0 Å². The number of aryl methyl sites for hydroxylation is 1. The van der Waals surface area contributed by atoms with E-state index in [0.717, 1.165) is 29.5 Å². The molecule has 3 aromatic rings. The van der Waals surface area contributed by atoms with Crippen LogP contribution in [0.25, 0.3) is 0 Å². The van der Waals surface area contributed by atoms with Crippen LogP contribution in [-0.4, -0.2) is 29.8 Å². The molecular formula is C30H36N2O4. The summed E-state index contributed by atoms with van der Waals surface area (Å²) in [7, 11) is 0. The van der Waals surface area contributed by atoms with Crippen molar-refractivity contribution in [2.75, 3.05) is 13.1 Å². The van der Waals surface area contributed by atoms with Gasteiger partial charge in [-0.1, -0.05) is 56.7 Å². The smallest absolute Gasteiger partial charge is 0.286 e. The Morgan fingerprint density at radius 3 is 2.72 bits per heavy atom. The molecule has 6 nitrogen and oxygen atoms in total. The number of carbonyl (C=O) groups is 2. The Morgan fingerprint density at radius 1 is 1.14 bits per heavy atom. The maximum absolute atomic E-state index is 12.8. The summed E-state index contributed by atoms with van der Waals surface area (Å²) in [6.45, 7) is 9.76. The predicted molar refractivity (Wildman–Crippen MR) is 140 cm³/mol. The average molecular weight is 489 g/mol. The highest BCUT2D eigenvalue weighted by atomic mass is 16.5. The van der Waals surface area contributed by atoms with Gasteiger partial charge >= 0.3 is 0 Å². The fourth-order valence-electron chi connectivity index (χ4n) is 4.65. The molecule has 0 saturated heterocycles. The van der Waals surface area contributed by atoms with Gasteiger partial charge in [0, 0.05) is 19.5 Å². The topological polar surface area (TPSA) is 71.8 Å². The molecule has 1 aromatic heterocycles. The summed E-state index contributed by atoms with van der Waals surface area (Å²) < 4.78 is 11.8. The van der Waals surface area contributed by atoms with E-state index in [4.69, 9.17) is 9.15 Å². The lowest BCUT2D eigenvalue weighted by molar-refractivity contribution is -0.132. The first-order chi connectivity index (χ1) is 17.4. The molecule has 0 saturated carbocycles. The molecular weight excluding hydrogens is 452 g/mol. The minimum absolute atomic E-state index is 0.144. The normalized spacial score (nSPS) is 15.0. The van der Waals surface area contributed by atoms with Crippen LogP contribution in [-0.2, 0) is 17.8 Å². The van der Waals surface area contributed by atoms with Crippen LogP contribution in [0.2, 0.25) is 0 Å². The maximum atomic E-state index is 12.8. The number of nitrogens with one attached hydrogen (secondary N) is 1. The average Bonchev–Trinajstić information content (AvgIpc) is 3.35. The molecule has 0 radical (unpaired) electrons. The van der Waals surface area contributed by atoms with Crippen molar-refractivity contribution in [1.29, 1.82) is 0 Å². The zero-order chi connectivity index (χ0) is 25.7. The molecule has 1 N–H and O–H groups in total. The van der Waals surface area contributed by atoms with E-state index in [1.165, 1.54) is 5.56 Å². The van der Waals surface area contributed by atoms with Crippen LogP contribution >= 0.6 is 0 Å². The second kappa shape index (κ2) is 11.5. The first-order valence-corrected chi connectivity index (χ1v) is 12.8. The molecule has 1 aliphatic rings. The molecule has 0 bridgehead atoms. The lowest BCUT2D eigenvalue weighted by Crippen LogP contribution is -2.40. The number of fused-ring (bicyclic) bond motifs is 1. The number of ether oxygens (including phenoxy) is 1.